The van der Waals surface area contributed by atoms with E-state index in [2.05, 4.69) is 0 Å². The Morgan fingerprint density at radius 1 is 1.00 bits per heavy atom. The monoisotopic (exact) mass is 340 g/mol. The fourth-order valence-electron chi connectivity index (χ4n) is 2.41. The van der Waals surface area contributed by atoms with E-state index in [0.29, 0.717) is 18.8 Å². The number of rotatable bonds is 8. The quantitative estimate of drug-likeness (QED) is 0.516. The molecule has 0 saturated heterocycles. The number of carbonyl (C=O) groups is 1. The second-order valence-corrected chi connectivity index (χ2v) is 5.43. The third-order valence-corrected chi connectivity index (χ3v) is 3.74. The maximum Gasteiger partial charge on any atom is 0.185 e. The molecule has 4 nitrogen and oxygen atoms in total. The molecular weight excluding hydrogens is 316 g/mol. The van der Waals surface area contributed by atoms with Crippen molar-refractivity contribution in [3.05, 3.63) is 59.2 Å². The lowest BCUT2D eigenvalue weighted by Gasteiger charge is -2.13. The van der Waals surface area contributed by atoms with Gasteiger partial charge in [0.05, 0.1) is 20.3 Å². The zero-order valence-electron chi connectivity index (χ0n) is 15.2. The Morgan fingerprint density at radius 2 is 1.56 bits per heavy atom. The first-order valence-corrected chi connectivity index (χ1v) is 8.35. The number of carbonyl (C=O) groups excluding carboxylic acids is 1. The van der Waals surface area contributed by atoms with Gasteiger partial charge in [0, 0.05) is 11.1 Å². The van der Waals surface area contributed by atoms with E-state index in [4.69, 9.17) is 14.2 Å². The largest absolute Gasteiger partial charge is 0.497 e. The van der Waals surface area contributed by atoms with Crippen molar-refractivity contribution < 1.29 is 19.0 Å². The maximum absolute atomic E-state index is 12.3. The summed E-state index contributed by atoms with van der Waals surface area (Å²) >= 11 is 0. The van der Waals surface area contributed by atoms with Gasteiger partial charge in [-0.05, 0) is 68.8 Å². The van der Waals surface area contributed by atoms with Crippen LogP contribution in [0.3, 0.4) is 0 Å². The number of methoxy groups -OCH3 is 1. The molecule has 0 N–H and O–H groups in total. The molecule has 0 aliphatic rings. The molecule has 4 heteroatoms. The van der Waals surface area contributed by atoms with E-state index in [1.54, 1.807) is 43.5 Å². The molecule has 2 aromatic carbocycles. The van der Waals surface area contributed by atoms with E-state index in [0.717, 1.165) is 28.4 Å². The van der Waals surface area contributed by atoms with Gasteiger partial charge in [0.2, 0.25) is 0 Å². The topological polar surface area (TPSA) is 44.8 Å². The van der Waals surface area contributed by atoms with Gasteiger partial charge in [0.1, 0.15) is 17.2 Å². The summed E-state index contributed by atoms with van der Waals surface area (Å²) in [4.78, 5) is 12.3. The van der Waals surface area contributed by atoms with Gasteiger partial charge in [-0.1, -0.05) is 6.08 Å². The van der Waals surface area contributed by atoms with Crippen LogP contribution < -0.4 is 14.2 Å². The third-order valence-electron chi connectivity index (χ3n) is 3.74. The van der Waals surface area contributed by atoms with Gasteiger partial charge in [0.15, 0.2) is 5.78 Å². The molecule has 0 bridgehead atoms. The molecule has 2 aromatic rings. The molecule has 2 rings (SSSR count). The molecule has 25 heavy (non-hydrogen) atoms. The molecule has 0 amide bonds. The standard InChI is InChI=1S/C21H24O4/c1-5-24-20-13-16(14-21(15(20)3)25-6-2)7-12-19(22)17-8-10-18(23-4)11-9-17/h7-14H,5-6H2,1-4H3. The molecule has 0 spiro atoms. The minimum Gasteiger partial charge on any atom is -0.497 e. The van der Waals surface area contributed by atoms with E-state index < -0.39 is 0 Å². The summed E-state index contributed by atoms with van der Waals surface area (Å²) in [6.07, 6.45) is 3.33. The molecule has 0 heterocycles. The van der Waals surface area contributed by atoms with Crippen LogP contribution in [-0.4, -0.2) is 26.1 Å². The molecule has 0 fully saturated rings. The summed E-state index contributed by atoms with van der Waals surface area (Å²) in [7, 11) is 1.60. The van der Waals surface area contributed by atoms with Gasteiger partial charge >= 0.3 is 0 Å². The number of ether oxygens (including phenoxy) is 3. The number of ketones is 1. The fraction of sp³-hybridized carbons (Fsp3) is 0.286. The second kappa shape index (κ2) is 8.92. The Morgan fingerprint density at radius 3 is 2.04 bits per heavy atom. The van der Waals surface area contributed by atoms with Gasteiger partial charge in [-0.15, -0.1) is 0 Å². The number of benzene rings is 2. The van der Waals surface area contributed by atoms with Crippen molar-refractivity contribution in [2.24, 2.45) is 0 Å². The molecule has 0 aliphatic carbocycles. The van der Waals surface area contributed by atoms with E-state index >= 15 is 0 Å². The summed E-state index contributed by atoms with van der Waals surface area (Å²) in [5.74, 6) is 2.19. The van der Waals surface area contributed by atoms with Crippen LogP contribution in [0.15, 0.2) is 42.5 Å². The summed E-state index contributed by atoms with van der Waals surface area (Å²) in [5.41, 5.74) is 2.43. The fourth-order valence-corrected chi connectivity index (χ4v) is 2.41. The van der Waals surface area contributed by atoms with Crippen LogP contribution in [0.2, 0.25) is 0 Å². The molecule has 0 unspecified atom stereocenters. The van der Waals surface area contributed by atoms with Crippen molar-refractivity contribution in [1.82, 2.24) is 0 Å². The van der Waals surface area contributed by atoms with E-state index in [9.17, 15) is 4.79 Å². The van der Waals surface area contributed by atoms with Crippen LogP contribution in [0, 0.1) is 6.92 Å². The summed E-state index contributed by atoms with van der Waals surface area (Å²) < 4.78 is 16.4. The predicted octanol–water partition coefficient (Wildman–Crippen LogP) is 4.70. The highest BCUT2D eigenvalue weighted by atomic mass is 16.5. The van der Waals surface area contributed by atoms with Crippen LogP contribution in [-0.2, 0) is 0 Å². The molecule has 0 aliphatic heterocycles. The number of hydrogen-bond donors (Lipinski definition) is 0. The zero-order chi connectivity index (χ0) is 18.2. The molecule has 0 aromatic heterocycles. The van der Waals surface area contributed by atoms with Crippen LogP contribution in [0.1, 0.15) is 35.3 Å². The highest BCUT2D eigenvalue weighted by Gasteiger charge is 2.09. The first kappa shape index (κ1) is 18.6. The van der Waals surface area contributed by atoms with Crippen LogP contribution in [0.4, 0.5) is 0 Å². The van der Waals surface area contributed by atoms with Crippen molar-refractivity contribution in [1.29, 1.82) is 0 Å². The molecule has 0 saturated carbocycles. The highest BCUT2D eigenvalue weighted by molar-refractivity contribution is 6.06. The second-order valence-electron chi connectivity index (χ2n) is 5.43. The molecule has 0 radical (unpaired) electrons. The Bertz CT molecular complexity index is 718. The van der Waals surface area contributed by atoms with Crippen molar-refractivity contribution in [2.45, 2.75) is 20.8 Å². The molecular formula is C21H24O4. The average Bonchev–Trinajstić information content (AvgIpc) is 2.63. The van der Waals surface area contributed by atoms with Gasteiger partial charge in [-0.3, -0.25) is 4.79 Å². The average molecular weight is 340 g/mol. The maximum atomic E-state index is 12.3. The Balaban J connectivity index is 2.24. The van der Waals surface area contributed by atoms with Crippen molar-refractivity contribution >= 4 is 11.9 Å². The zero-order valence-corrected chi connectivity index (χ0v) is 15.2. The minimum atomic E-state index is -0.0702. The van der Waals surface area contributed by atoms with Crippen molar-refractivity contribution in [2.75, 3.05) is 20.3 Å². The SMILES string of the molecule is CCOc1cc(C=CC(=O)c2ccc(OC)cc2)cc(OCC)c1C. The van der Waals surface area contributed by atoms with Gasteiger partial charge in [0.25, 0.3) is 0 Å². The van der Waals surface area contributed by atoms with Gasteiger partial charge in [-0.2, -0.15) is 0 Å². The minimum absolute atomic E-state index is 0.0702. The predicted molar refractivity (Wildman–Crippen MR) is 99.9 cm³/mol. The smallest absolute Gasteiger partial charge is 0.185 e. The van der Waals surface area contributed by atoms with Crippen LogP contribution >= 0.6 is 0 Å². The summed E-state index contributed by atoms with van der Waals surface area (Å²) in [6.45, 7) is 6.99. The van der Waals surface area contributed by atoms with Crippen LogP contribution in [0.25, 0.3) is 6.08 Å². The third kappa shape index (κ3) is 4.86. The lowest BCUT2D eigenvalue weighted by molar-refractivity contribution is 0.104. The number of allylic oxidation sites excluding steroid dienone is 1. The van der Waals surface area contributed by atoms with Crippen LogP contribution in [0.5, 0.6) is 17.2 Å². The van der Waals surface area contributed by atoms with Crippen molar-refractivity contribution in [3.63, 3.8) is 0 Å². The first-order chi connectivity index (χ1) is 12.1. The van der Waals surface area contributed by atoms with Gasteiger partial charge < -0.3 is 14.2 Å². The first-order valence-electron chi connectivity index (χ1n) is 8.35. The lowest BCUT2D eigenvalue weighted by atomic mass is 10.1. The molecule has 132 valence electrons. The Kier molecular flexibility index (Phi) is 6.63. The lowest BCUT2D eigenvalue weighted by Crippen LogP contribution is -2.00. The van der Waals surface area contributed by atoms with E-state index in [1.165, 1.54) is 0 Å². The van der Waals surface area contributed by atoms with Crippen molar-refractivity contribution in [3.8, 4) is 17.2 Å². The van der Waals surface area contributed by atoms with E-state index in [-0.39, 0.29) is 5.78 Å². The summed E-state index contributed by atoms with van der Waals surface area (Å²) in [5, 5.41) is 0. The summed E-state index contributed by atoms with van der Waals surface area (Å²) in [6, 6.07) is 10.9. The Labute approximate surface area is 149 Å². The number of hydrogen-bond acceptors (Lipinski definition) is 4. The van der Waals surface area contributed by atoms with Gasteiger partial charge in [-0.25, -0.2) is 0 Å². The molecule has 0 atom stereocenters. The van der Waals surface area contributed by atoms with E-state index in [1.807, 2.05) is 32.9 Å². The Hall–Kier alpha value is -2.75. The normalized spacial score (nSPS) is 10.7. The highest BCUT2D eigenvalue weighted by Crippen LogP contribution is 2.30.